The van der Waals surface area contributed by atoms with Crippen LogP contribution in [0, 0.1) is 17.0 Å². The molecule has 2 aliphatic heterocycles. The molecule has 0 atom stereocenters. The number of nitrogens with zero attached hydrogens (tertiary/aromatic N) is 6. The van der Waals surface area contributed by atoms with E-state index >= 15 is 0 Å². The molecular weight excluding hydrogens is 442 g/mol. The first-order valence-electron chi connectivity index (χ1n) is 11.2. The molecule has 2 fully saturated rings. The van der Waals surface area contributed by atoms with Gasteiger partial charge in [-0.2, -0.15) is 5.10 Å². The minimum atomic E-state index is -0.466. The van der Waals surface area contributed by atoms with Crippen LogP contribution in [0.1, 0.15) is 18.4 Å². The van der Waals surface area contributed by atoms with Crippen molar-refractivity contribution < 1.29 is 18.0 Å². The number of benzene rings is 1. The third-order valence-electron chi connectivity index (χ3n) is 6.65. The Labute approximate surface area is 194 Å². The zero-order valence-corrected chi connectivity index (χ0v) is 18.3. The van der Waals surface area contributed by atoms with Crippen LogP contribution in [0.4, 0.5) is 14.6 Å². The number of hydrogen-bond donors (Lipinski definition) is 0. The van der Waals surface area contributed by atoms with Crippen molar-refractivity contribution >= 4 is 5.82 Å². The molecule has 0 amide bonds. The van der Waals surface area contributed by atoms with Crippen LogP contribution in [0.15, 0.2) is 53.4 Å². The summed E-state index contributed by atoms with van der Waals surface area (Å²) in [5.41, 5.74) is 2.31. The third-order valence-corrected chi connectivity index (χ3v) is 6.65. The van der Waals surface area contributed by atoms with Gasteiger partial charge in [0, 0.05) is 30.1 Å². The van der Waals surface area contributed by atoms with E-state index in [-0.39, 0.29) is 23.6 Å². The highest BCUT2D eigenvalue weighted by Crippen LogP contribution is 2.39. The minimum Gasteiger partial charge on any atom is -0.380 e. The van der Waals surface area contributed by atoms with Gasteiger partial charge in [0.25, 0.3) is 0 Å². The molecule has 1 aromatic carbocycles. The van der Waals surface area contributed by atoms with Crippen molar-refractivity contribution in [3.63, 3.8) is 0 Å². The van der Waals surface area contributed by atoms with Crippen LogP contribution in [0.3, 0.4) is 0 Å². The van der Waals surface area contributed by atoms with Gasteiger partial charge in [0.1, 0.15) is 23.5 Å². The van der Waals surface area contributed by atoms with E-state index in [1.807, 2.05) is 4.90 Å². The maximum atomic E-state index is 14.7. The molecule has 8 nitrogen and oxygen atoms in total. The highest BCUT2D eigenvalue weighted by molar-refractivity contribution is 5.63. The topological polar surface area (TPSA) is 82.1 Å². The largest absolute Gasteiger partial charge is 0.380 e. The molecule has 0 N–H and O–H groups in total. The number of ether oxygens (including phenoxy) is 1. The zero-order chi connectivity index (χ0) is 23.1. The Bertz CT molecular complexity index is 1310. The molecule has 174 valence electrons. The first-order chi connectivity index (χ1) is 16.6. The highest BCUT2D eigenvalue weighted by Gasteiger charge is 2.41. The molecule has 34 heavy (non-hydrogen) atoms. The molecule has 1 spiro atoms. The van der Waals surface area contributed by atoms with E-state index in [1.54, 1.807) is 35.0 Å². The van der Waals surface area contributed by atoms with Crippen LogP contribution in [-0.4, -0.2) is 51.2 Å². The predicted octanol–water partition coefficient (Wildman–Crippen LogP) is 3.94. The van der Waals surface area contributed by atoms with Crippen molar-refractivity contribution in [3.8, 4) is 22.9 Å². The van der Waals surface area contributed by atoms with Crippen molar-refractivity contribution in [3.05, 3.63) is 66.1 Å². The number of anilines is 1. The van der Waals surface area contributed by atoms with E-state index < -0.39 is 5.82 Å². The molecule has 2 saturated heterocycles. The monoisotopic (exact) mass is 464 g/mol. The van der Waals surface area contributed by atoms with Gasteiger partial charge in [0.05, 0.1) is 31.6 Å². The summed E-state index contributed by atoms with van der Waals surface area (Å²) in [6, 6.07) is 9.97. The molecule has 0 radical (unpaired) electrons. The van der Waals surface area contributed by atoms with E-state index in [4.69, 9.17) is 9.26 Å². The molecule has 4 aromatic rings. The van der Waals surface area contributed by atoms with E-state index in [9.17, 15) is 8.78 Å². The number of rotatable bonds is 5. The van der Waals surface area contributed by atoms with Crippen LogP contribution >= 0.6 is 0 Å². The molecule has 0 aliphatic carbocycles. The molecule has 3 aromatic heterocycles. The Morgan fingerprint density at radius 1 is 1.00 bits per heavy atom. The molecule has 6 rings (SSSR count). The lowest BCUT2D eigenvalue weighted by Crippen LogP contribution is -2.51. The lowest BCUT2D eigenvalue weighted by atomic mass is 9.77. The predicted molar refractivity (Wildman–Crippen MR) is 119 cm³/mol. The van der Waals surface area contributed by atoms with E-state index in [0.717, 1.165) is 26.1 Å². The second-order valence-electron chi connectivity index (χ2n) is 8.89. The smallest absolute Gasteiger partial charge is 0.183 e. The molecule has 2 aliphatic rings. The number of aromatic nitrogens is 5. The normalized spacial score (nSPS) is 17.2. The van der Waals surface area contributed by atoms with E-state index in [2.05, 4.69) is 20.2 Å². The maximum absolute atomic E-state index is 14.7. The molecule has 0 unspecified atom stereocenters. The first-order valence-corrected chi connectivity index (χ1v) is 11.2. The Hall–Kier alpha value is -3.66. The highest BCUT2D eigenvalue weighted by atomic mass is 19.1. The van der Waals surface area contributed by atoms with Crippen LogP contribution in [0.25, 0.3) is 22.9 Å². The summed E-state index contributed by atoms with van der Waals surface area (Å²) in [6.07, 6.45) is 4.52. The first kappa shape index (κ1) is 20.9. The summed E-state index contributed by atoms with van der Waals surface area (Å²) in [7, 11) is 0. The second kappa shape index (κ2) is 8.28. The quantitative estimate of drug-likeness (QED) is 0.443. The van der Waals surface area contributed by atoms with Crippen LogP contribution in [-0.2, 0) is 11.3 Å². The number of piperidine rings is 1. The molecule has 0 bridgehead atoms. The van der Waals surface area contributed by atoms with Crippen LogP contribution in [0.2, 0.25) is 0 Å². The fourth-order valence-corrected chi connectivity index (χ4v) is 4.56. The lowest BCUT2D eigenvalue weighted by molar-refractivity contribution is -0.124. The lowest BCUT2D eigenvalue weighted by Gasteiger charge is -2.47. The van der Waals surface area contributed by atoms with Gasteiger partial charge in [-0.15, -0.1) is 0 Å². The average Bonchev–Trinajstić information content (AvgIpc) is 3.50. The van der Waals surface area contributed by atoms with Crippen molar-refractivity contribution in [2.75, 3.05) is 31.2 Å². The molecule has 0 saturated carbocycles. The van der Waals surface area contributed by atoms with Crippen LogP contribution < -0.4 is 4.90 Å². The summed E-state index contributed by atoms with van der Waals surface area (Å²) in [5, 5.41) is 8.62. The Morgan fingerprint density at radius 2 is 1.82 bits per heavy atom. The van der Waals surface area contributed by atoms with Gasteiger partial charge in [-0.1, -0.05) is 23.4 Å². The van der Waals surface area contributed by atoms with E-state index in [1.165, 1.54) is 18.5 Å². The summed E-state index contributed by atoms with van der Waals surface area (Å²) >= 11 is 0. The molecule has 5 heterocycles. The van der Waals surface area contributed by atoms with Gasteiger partial charge in [0.2, 0.25) is 0 Å². The Kier molecular flexibility index (Phi) is 5.09. The zero-order valence-electron chi connectivity index (χ0n) is 18.3. The molecular formula is C24H22F2N6O2. The SMILES string of the molecule is Fc1ccccc1Cn1nc(-c2ncc(F)c(N3CCC4(CC3)COC4)n2)cc1-c1ccon1. The standard InChI is InChI=1S/C24H22F2N6O2/c25-17-4-2-1-3-16(17)13-32-21(19-5-10-34-30-19)11-20(29-32)22-27-12-18(26)23(28-22)31-8-6-24(7-9-31)14-33-15-24/h1-5,10-12H,6-9,13-15H2. The fourth-order valence-electron chi connectivity index (χ4n) is 4.56. The van der Waals surface area contributed by atoms with Crippen molar-refractivity contribution in [1.29, 1.82) is 0 Å². The van der Waals surface area contributed by atoms with Gasteiger partial charge in [-0.3, -0.25) is 4.68 Å². The summed E-state index contributed by atoms with van der Waals surface area (Å²) in [5.74, 6) is -0.231. The van der Waals surface area contributed by atoms with Gasteiger partial charge in [0.15, 0.2) is 17.5 Å². The third kappa shape index (κ3) is 3.73. The van der Waals surface area contributed by atoms with Crippen molar-refractivity contribution in [2.24, 2.45) is 5.41 Å². The number of hydrogen-bond acceptors (Lipinski definition) is 7. The van der Waals surface area contributed by atoms with Crippen LogP contribution in [0.5, 0.6) is 0 Å². The van der Waals surface area contributed by atoms with Gasteiger partial charge in [-0.05, 0) is 25.0 Å². The fraction of sp³-hybridized carbons (Fsp3) is 0.333. The van der Waals surface area contributed by atoms with E-state index in [0.29, 0.717) is 41.6 Å². The second-order valence-corrected chi connectivity index (χ2v) is 8.89. The Morgan fingerprint density at radius 3 is 2.53 bits per heavy atom. The molecule has 10 heteroatoms. The van der Waals surface area contributed by atoms with Gasteiger partial charge >= 0.3 is 0 Å². The number of halogens is 2. The average molecular weight is 464 g/mol. The summed E-state index contributed by atoms with van der Waals surface area (Å²) in [4.78, 5) is 10.7. The minimum absolute atomic E-state index is 0.180. The van der Waals surface area contributed by atoms with Crippen molar-refractivity contribution in [2.45, 2.75) is 19.4 Å². The summed E-state index contributed by atoms with van der Waals surface area (Å²) in [6.45, 7) is 3.16. The van der Waals surface area contributed by atoms with Gasteiger partial charge < -0.3 is 14.2 Å². The van der Waals surface area contributed by atoms with Crippen molar-refractivity contribution in [1.82, 2.24) is 24.9 Å². The Balaban J connectivity index is 1.33. The van der Waals surface area contributed by atoms with Gasteiger partial charge in [-0.25, -0.2) is 18.7 Å². The maximum Gasteiger partial charge on any atom is 0.183 e. The summed E-state index contributed by atoms with van der Waals surface area (Å²) < 4.78 is 41.0.